The summed E-state index contributed by atoms with van der Waals surface area (Å²) in [4.78, 5) is 0. The van der Waals surface area contributed by atoms with Crippen molar-refractivity contribution < 1.29 is 4.21 Å². The largest absolute Gasteiger partial charge is 0.310 e. The first-order valence-corrected chi connectivity index (χ1v) is 8.09. The van der Waals surface area contributed by atoms with Gasteiger partial charge in [0, 0.05) is 33.9 Å². The maximum atomic E-state index is 10.9. The average molecular weight is 272 g/mol. The summed E-state index contributed by atoms with van der Waals surface area (Å²) >= 11 is 5.98. The van der Waals surface area contributed by atoms with E-state index in [0.29, 0.717) is 6.04 Å². The van der Waals surface area contributed by atoms with Crippen molar-refractivity contribution in [3.8, 4) is 0 Å². The Morgan fingerprint density at radius 2 is 2.35 bits per heavy atom. The van der Waals surface area contributed by atoms with Crippen LogP contribution in [-0.2, 0) is 17.2 Å². The number of nitrogens with one attached hydrogen (secondary N) is 1. The predicted molar refractivity (Wildman–Crippen MR) is 74.1 cm³/mol. The lowest BCUT2D eigenvalue weighted by atomic mass is 10.1. The van der Waals surface area contributed by atoms with Crippen molar-refractivity contribution in [1.29, 1.82) is 0 Å². The van der Waals surface area contributed by atoms with Gasteiger partial charge in [-0.1, -0.05) is 17.7 Å². The first-order chi connectivity index (χ1) is 8.16. The van der Waals surface area contributed by atoms with Crippen LogP contribution in [0.5, 0.6) is 0 Å². The molecule has 17 heavy (non-hydrogen) atoms. The molecule has 1 N–H and O–H groups in total. The predicted octanol–water partition coefficient (Wildman–Crippen LogP) is 2.69. The Bertz CT molecular complexity index is 422. The molecule has 0 radical (unpaired) electrons. The number of hydrogen-bond donors (Lipinski definition) is 1. The zero-order valence-corrected chi connectivity index (χ0v) is 11.6. The first kappa shape index (κ1) is 13.1. The number of halogens is 1. The quantitative estimate of drug-likeness (QED) is 0.835. The number of aryl methyl sites for hydroxylation is 1. The van der Waals surface area contributed by atoms with E-state index in [2.05, 4.69) is 17.4 Å². The highest BCUT2D eigenvalue weighted by Gasteiger charge is 2.21. The molecule has 4 heteroatoms. The van der Waals surface area contributed by atoms with Gasteiger partial charge in [-0.05, 0) is 49.1 Å². The molecule has 0 heterocycles. The summed E-state index contributed by atoms with van der Waals surface area (Å²) in [5, 5.41) is 4.36. The van der Waals surface area contributed by atoms with E-state index in [1.54, 1.807) is 6.26 Å². The molecule has 0 fully saturated rings. The van der Waals surface area contributed by atoms with Gasteiger partial charge in [-0.15, -0.1) is 0 Å². The molecule has 1 aliphatic rings. The molecular formula is C13H18ClNOS. The van der Waals surface area contributed by atoms with Gasteiger partial charge in [0.2, 0.25) is 0 Å². The van der Waals surface area contributed by atoms with Gasteiger partial charge in [-0.3, -0.25) is 4.21 Å². The second-order valence-electron chi connectivity index (χ2n) is 4.52. The fraction of sp³-hybridized carbons (Fsp3) is 0.538. The summed E-state index contributed by atoms with van der Waals surface area (Å²) in [6, 6.07) is 6.61. The monoisotopic (exact) mass is 271 g/mol. The maximum Gasteiger partial charge on any atom is 0.0408 e. The molecule has 0 bridgehead atoms. The van der Waals surface area contributed by atoms with Crippen LogP contribution in [0.25, 0.3) is 0 Å². The summed E-state index contributed by atoms with van der Waals surface area (Å²) in [6.07, 6.45) is 4.98. The molecule has 2 nitrogen and oxygen atoms in total. The van der Waals surface area contributed by atoms with E-state index in [0.717, 1.165) is 36.6 Å². The van der Waals surface area contributed by atoms with Gasteiger partial charge in [0.1, 0.15) is 0 Å². The Hall–Kier alpha value is -0.380. The molecule has 1 aliphatic carbocycles. The fourth-order valence-electron chi connectivity index (χ4n) is 2.35. The van der Waals surface area contributed by atoms with Gasteiger partial charge >= 0.3 is 0 Å². The van der Waals surface area contributed by atoms with Crippen LogP contribution in [0.15, 0.2) is 18.2 Å². The summed E-state index contributed by atoms with van der Waals surface area (Å²) < 4.78 is 10.9. The zero-order chi connectivity index (χ0) is 12.3. The number of rotatable bonds is 5. The molecule has 2 unspecified atom stereocenters. The Morgan fingerprint density at radius 1 is 1.53 bits per heavy atom. The van der Waals surface area contributed by atoms with Gasteiger partial charge in [0.05, 0.1) is 0 Å². The van der Waals surface area contributed by atoms with Crippen LogP contribution in [0.4, 0.5) is 0 Å². The smallest absolute Gasteiger partial charge is 0.0408 e. The molecule has 2 atom stereocenters. The highest BCUT2D eigenvalue weighted by Crippen LogP contribution is 2.32. The summed E-state index contributed by atoms with van der Waals surface area (Å²) in [5.41, 5.74) is 2.75. The molecule has 0 aromatic heterocycles. The minimum Gasteiger partial charge on any atom is -0.310 e. The SMILES string of the molecule is CS(=O)CCCNC1CCc2cc(Cl)ccc21. The van der Waals surface area contributed by atoms with Gasteiger partial charge < -0.3 is 5.32 Å². The molecule has 94 valence electrons. The standard InChI is InChI=1S/C13H18ClNOS/c1-17(16)8-2-7-15-13-6-3-10-9-11(14)4-5-12(10)13/h4-5,9,13,15H,2-3,6-8H2,1H3. The Labute approximate surface area is 110 Å². The lowest BCUT2D eigenvalue weighted by Crippen LogP contribution is -2.21. The van der Waals surface area contributed by atoms with Crippen LogP contribution >= 0.6 is 11.6 Å². The van der Waals surface area contributed by atoms with Crippen LogP contribution in [0, 0.1) is 0 Å². The van der Waals surface area contributed by atoms with Gasteiger partial charge in [0.15, 0.2) is 0 Å². The Morgan fingerprint density at radius 3 is 3.12 bits per heavy atom. The van der Waals surface area contributed by atoms with Gasteiger partial charge in [-0.2, -0.15) is 0 Å². The molecule has 0 spiro atoms. The van der Waals surface area contributed by atoms with Crippen molar-refractivity contribution >= 4 is 22.4 Å². The van der Waals surface area contributed by atoms with Crippen LogP contribution in [0.3, 0.4) is 0 Å². The third-order valence-electron chi connectivity index (χ3n) is 3.18. The normalized spacial score (nSPS) is 20.2. The van der Waals surface area contributed by atoms with Crippen molar-refractivity contribution in [2.24, 2.45) is 0 Å². The van der Waals surface area contributed by atoms with Gasteiger partial charge in [-0.25, -0.2) is 0 Å². The van der Waals surface area contributed by atoms with E-state index in [4.69, 9.17) is 11.6 Å². The van der Waals surface area contributed by atoms with Crippen molar-refractivity contribution in [3.05, 3.63) is 34.3 Å². The summed E-state index contributed by atoms with van der Waals surface area (Å²) in [5.74, 6) is 0.785. The molecule has 1 aromatic carbocycles. The number of hydrogen-bond acceptors (Lipinski definition) is 2. The van der Waals surface area contributed by atoms with Crippen molar-refractivity contribution in [1.82, 2.24) is 5.32 Å². The maximum absolute atomic E-state index is 10.9. The summed E-state index contributed by atoms with van der Waals surface area (Å²) in [7, 11) is -0.674. The molecule has 2 rings (SSSR count). The second kappa shape index (κ2) is 5.98. The number of fused-ring (bicyclic) bond motifs is 1. The third kappa shape index (κ3) is 3.54. The minimum absolute atomic E-state index is 0.451. The van der Waals surface area contributed by atoms with Crippen molar-refractivity contribution in [3.63, 3.8) is 0 Å². The van der Waals surface area contributed by atoms with E-state index in [1.807, 2.05) is 6.07 Å². The van der Waals surface area contributed by atoms with Crippen molar-refractivity contribution in [2.45, 2.75) is 25.3 Å². The topological polar surface area (TPSA) is 29.1 Å². The lowest BCUT2D eigenvalue weighted by molar-refractivity contribution is 0.529. The molecule has 0 saturated heterocycles. The van der Waals surface area contributed by atoms with E-state index >= 15 is 0 Å². The fourth-order valence-corrected chi connectivity index (χ4v) is 3.10. The molecule has 0 saturated carbocycles. The van der Waals surface area contributed by atoms with E-state index in [9.17, 15) is 4.21 Å². The molecule has 1 aromatic rings. The van der Waals surface area contributed by atoms with Gasteiger partial charge in [0.25, 0.3) is 0 Å². The Balaban J connectivity index is 1.87. The van der Waals surface area contributed by atoms with Crippen molar-refractivity contribution in [2.75, 3.05) is 18.6 Å². The van der Waals surface area contributed by atoms with Crippen LogP contribution < -0.4 is 5.32 Å². The second-order valence-corrected chi connectivity index (χ2v) is 6.51. The molecule has 0 aliphatic heterocycles. The first-order valence-electron chi connectivity index (χ1n) is 5.98. The molecule has 0 amide bonds. The highest BCUT2D eigenvalue weighted by molar-refractivity contribution is 7.84. The Kier molecular flexibility index (Phi) is 4.60. The van der Waals surface area contributed by atoms with Crippen LogP contribution in [-0.4, -0.2) is 22.8 Å². The summed E-state index contributed by atoms with van der Waals surface area (Å²) in [6.45, 7) is 0.937. The zero-order valence-electron chi connectivity index (χ0n) is 10.0. The lowest BCUT2D eigenvalue weighted by Gasteiger charge is -2.13. The third-order valence-corrected chi connectivity index (χ3v) is 4.28. The average Bonchev–Trinajstić information content (AvgIpc) is 2.66. The van der Waals surface area contributed by atoms with E-state index in [-0.39, 0.29) is 0 Å². The highest BCUT2D eigenvalue weighted by atomic mass is 35.5. The van der Waals surface area contributed by atoms with Crippen LogP contribution in [0.1, 0.15) is 30.0 Å². The molecular weight excluding hydrogens is 254 g/mol. The van der Waals surface area contributed by atoms with Crippen LogP contribution in [0.2, 0.25) is 5.02 Å². The van der Waals surface area contributed by atoms with E-state index < -0.39 is 10.8 Å². The number of benzene rings is 1. The van der Waals surface area contributed by atoms with E-state index in [1.165, 1.54) is 11.1 Å². The minimum atomic E-state index is -0.674.